The maximum absolute atomic E-state index is 12.4. The molecule has 3 rings (SSSR count). The Bertz CT molecular complexity index is 901. The summed E-state index contributed by atoms with van der Waals surface area (Å²) >= 11 is 5.88. The van der Waals surface area contributed by atoms with Gasteiger partial charge in [-0.05, 0) is 23.3 Å². The molecule has 1 fully saturated rings. The lowest BCUT2D eigenvalue weighted by Gasteiger charge is -2.15. The number of urea groups is 1. The molecule has 0 aromatic heterocycles. The standard InChI is InChI=1S/C19H16ClN3O4/c20-15-8-4-7-14(9-15)10-21-16(24)12-23-18(26)17(25)22(19(23)27)11-13-5-2-1-3-6-13/h1-9H,10-12H2,(H,21,24). The Morgan fingerprint density at radius 3 is 2.26 bits per heavy atom. The maximum atomic E-state index is 12.4. The molecule has 0 bridgehead atoms. The number of halogens is 1. The fourth-order valence-electron chi connectivity index (χ4n) is 2.64. The molecule has 0 saturated carbocycles. The van der Waals surface area contributed by atoms with Gasteiger partial charge in [0.2, 0.25) is 5.91 Å². The van der Waals surface area contributed by atoms with Crippen LogP contribution in [-0.2, 0) is 27.5 Å². The van der Waals surface area contributed by atoms with Crippen molar-refractivity contribution in [3.8, 4) is 0 Å². The highest BCUT2D eigenvalue weighted by Crippen LogP contribution is 2.16. The Morgan fingerprint density at radius 2 is 1.56 bits per heavy atom. The third kappa shape index (κ3) is 4.32. The predicted octanol–water partition coefficient (Wildman–Crippen LogP) is 1.95. The number of imide groups is 2. The van der Waals surface area contributed by atoms with E-state index in [1.165, 1.54) is 0 Å². The van der Waals surface area contributed by atoms with Crippen LogP contribution >= 0.6 is 11.6 Å². The zero-order valence-electron chi connectivity index (χ0n) is 14.2. The number of nitrogens with zero attached hydrogens (tertiary/aromatic N) is 2. The van der Waals surface area contributed by atoms with Crippen LogP contribution in [0.2, 0.25) is 5.02 Å². The van der Waals surface area contributed by atoms with E-state index in [0.717, 1.165) is 10.5 Å². The van der Waals surface area contributed by atoms with E-state index in [1.54, 1.807) is 54.6 Å². The van der Waals surface area contributed by atoms with Crippen LogP contribution in [0.5, 0.6) is 0 Å². The Labute approximate surface area is 160 Å². The van der Waals surface area contributed by atoms with Crippen molar-refractivity contribution < 1.29 is 19.2 Å². The highest BCUT2D eigenvalue weighted by Gasteiger charge is 2.45. The molecule has 0 atom stereocenters. The van der Waals surface area contributed by atoms with E-state index < -0.39 is 30.3 Å². The molecule has 27 heavy (non-hydrogen) atoms. The summed E-state index contributed by atoms with van der Waals surface area (Å²) in [6.45, 7) is -0.350. The lowest BCUT2D eigenvalue weighted by Crippen LogP contribution is -2.41. The molecule has 1 aliphatic heterocycles. The molecule has 1 N–H and O–H groups in total. The smallest absolute Gasteiger partial charge is 0.335 e. The van der Waals surface area contributed by atoms with Crippen LogP contribution in [0.3, 0.4) is 0 Å². The number of hydrogen-bond donors (Lipinski definition) is 1. The molecule has 2 aromatic rings. The second kappa shape index (κ2) is 8.01. The van der Waals surface area contributed by atoms with E-state index in [9.17, 15) is 19.2 Å². The van der Waals surface area contributed by atoms with Crippen molar-refractivity contribution in [2.75, 3.05) is 6.54 Å². The summed E-state index contributed by atoms with van der Waals surface area (Å²) in [6.07, 6.45) is 0. The molecule has 0 aliphatic carbocycles. The summed E-state index contributed by atoms with van der Waals surface area (Å²) in [4.78, 5) is 50.2. The largest absolute Gasteiger partial charge is 0.350 e. The van der Waals surface area contributed by atoms with Gasteiger partial charge in [-0.25, -0.2) is 9.69 Å². The van der Waals surface area contributed by atoms with Crippen molar-refractivity contribution in [2.45, 2.75) is 13.1 Å². The average molecular weight is 386 g/mol. The zero-order valence-corrected chi connectivity index (χ0v) is 15.0. The molecule has 138 valence electrons. The van der Waals surface area contributed by atoms with Gasteiger partial charge in [-0.2, -0.15) is 0 Å². The Kier molecular flexibility index (Phi) is 5.52. The number of benzene rings is 2. The average Bonchev–Trinajstić information content (AvgIpc) is 2.85. The van der Waals surface area contributed by atoms with Crippen LogP contribution in [0, 0.1) is 0 Å². The lowest BCUT2D eigenvalue weighted by atomic mass is 10.2. The van der Waals surface area contributed by atoms with Gasteiger partial charge in [-0.15, -0.1) is 0 Å². The summed E-state index contributed by atoms with van der Waals surface area (Å²) in [5.74, 6) is -2.49. The van der Waals surface area contributed by atoms with Crippen molar-refractivity contribution >= 4 is 35.4 Å². The highest BCUT2D eigenvalue weighted by atomic mass is 35.5. The molecule has 1 heterocycles. The predicted molar refractivity (Wildman–Crippen MR) is 97.4 cm³/mol. The maximum Gasteiger partial charge on any atom is 0.335 e. The van der Waals surface area contributed by atoms with Crippen molar-refractivity contribution in [3.05, 3.63) is 70.7 Å². The summed E-state index contributed by atoms with van der Waals surface area (Å²) in [5.41, 5.74) is 1.48. The molecule has 1 aliphatic rings. The van der Waals surface area contributed by atoms with Gasteiger partial charge < -0.3 is 5.32 Å². The fraction of sp³-hybridized carbons (Fsp3) is 0.158. The molecule has 0 spiro atoms. The first-order chi connectivity index (χ1) is 13.0. The number of carbonyl (C=O) groups is 4. The minimum Gasteiger partial charge on any atom is -0.350 e. The van der Waals surface area contributed by atoms with Crippen LogP contribution in [0.1, 0.15) is 11.1 Å². The second-order valence-electron chi connectivity index (χ2n) is 5.96. The SMILES string of the molecule is O=C(CN1C(=O)C(=O)N(Cc2ccccc2)C1=O)NCc1cccc(Cl)c1. The van der Waals surface area contributed by atoms with Crippen molar-refractivity contribution in [2.24, 2.45) is 0 Å². The van der Waals surface area contributed by atoms with E-state index in [4.69, 9.17) is 11.6 Å². The van der Waals surface area contributed by atoms with Crippen molar-refractivity contribution in [3.63, 3.8) is 0 Å². The second-order valence-corrected chi connectivity index (χ2v) is 6.39. The Hall–Kier alpha value is -3.19. The van der Waals surface area contributed by atoms with Gasteiger partial charge in [0.25, 0.3) is 0 Å². The van der Waals surface area contributed by atoms with Gasteiger partial charge in [0, 0.05) is 11.6 Å². The molecule has 1 saturated heterocycles. The van der Waals surface area contributed by atoms with E-state index in [0.29, 0.717) is 15.5 Å². The summed E-state index contributed by atoms with van der Waals surface area (Å²) in [6, 6.07) is 15.0. The monoisotopic (exact) mass is 385 g/mol. The Morgan fingerprint density at radius 1 is 0.889 bits per heavy atom. The number of hydrogen-bond acceptors (Lipinski definition) is 4. The van der Waals surface area contributed by atoms with Crippen LogP contribution in [0.25, 0.3) is 0 Å². The minimum atomic E-state index is -1.01. The van der Waals surface area contributed by atoms with Gasteiger partial charge in [-0.1, -0.05) is 54.1 Å². The van der Waals surface area contributed by atoms with Crippen LogP contribution in [0.4, 0.5) is 4.79 Å². The third-order valence-electron chi connectivity index (χ3n) is 4.00. The fourth-order valence-corrected chi connectivity index (χ4v) is 2.86. The molecule has 2 aromatic carbocycles. The van der Waals surface area contributed by atoms with Gasteiger partial charge in [-0.3, -0.25) is 19.3 Å². The molecule has 0 unspecified atom stereocenters. The summed E-state index contributed by atoms with van der Waals surface area (Å²) in [7, 11) is 0. The first-order valence-corrected chi connectivity index (χ1v) is 8.56. The van der Waals surface area contributed by atoms with Gasteiger partial charge >= 0.3 is 17.8 Å². The minimum absolute atomic E-state index is 0.0229. The molecule has 7 nitrogen and oxygen atoms in total. The first-order valence-electron chi connectivity index (χ1n) is 8.18. The van der Waals surface area contributed by atoms with E-state index in [2.05, 4.69) is 5.32 Å². The Balaban J connectivity index is 1.60. The van der Waals surface area contributed by atoms with Gasteiger partial charge in [0.15, 0.2) is 0 Å². The number of rotatable bonds is 6. The van der Waals surface area contributed by atoms with Crippen molar-refractivity contribution in [1.29, 1.82) is 0 Å². The molecule has 5 amide bonds. The molecular formula is C19H16ClN3O4. The third-order valence-corrected chi connectivity index (χ3v) is 4.23. The van der Waals surface area contributed by atoms with Crippen molar-refractivity contribution in [1.82, 2.24) is 15.1 Å². The van der Waals surface area contributed by atoms with E-state index >= 15 is 0 Å². The van der Waals surface area contributed by atoms with Gasteiger partial charge in [0.05, 0.1) is 6.54 Å². The number of nitrogens with one attached hydrogen (secondary N) is 1. The zero-order chi connectivity index (χ0) is 19.4. The topological polar surface area (TPSA) is 86.8 Å². The molecular weight excluding hydrogens is 370 g/mol. The van der Waals surface area contributed by atoms with Crippen LogP contribution in [0.15, 0.2) is 54.6 Å². The number of carbonyl (C=O) groups excluding carboxylic acids is 4. The summed E-state index contributed by atoms with van der Waals surface area (Å²) in [5, 5.41) is 3.14. The van der Waals surface area contributed by atoms with Crippen LogP contribution in [-0.4, -0.2) is 40.1 Å². The number of amides is 5. The first kappa shape index (κ1) is 18.6. The van der Waals surface area contributed by atoms with Gasteiger partial charge in [0.1, 0.15) is 6.54 Å². The molecule has 8 heteroatoms. The lowest BCUT2D eigenvalue weighted by molar-refractivity contribution is -0.144. The quantitative estimate of drug-likeness (QED) is 0.608. The highest BCUT2D eigenvalue weighted by molar-refractivity contribution is 6.44. The molecule has 0 radical (unpaired) electrons. The van der Waals surface area contributed by atoms with E-state index in [1.807, 2.05) is 0 Å². The van der Waals surface area contributed by atoms with Crippen LogP contribution < -0.4 is 5.32 Å². The summed E-state index contributed by atoms with van der Waals surface area (Å²) < 4.78 is 0. The normalized spacial score (nSPS) is 14.0. The van der Waals surface area contributed by atoms with E-state index in [-0.39, 0.29) is 13.1 Å².